The normalized spacial score (nSPS) is 13.6. The van der Waals surface area contributed by atoms with Crippen LogP contribution in [0.3, 0.4) is 0 Å². The summed E-state index contributed by atoms with van der Waals surface area (Å²) in [4.78, 5) is -1.03. The van der Waals surface area contributed by atoms with Gasteiger partial charge in [-0.25, -0.2) is 17.5 Å². The van der Waals surface area contributed by atoms with Crippen molar-refractivity contribution in [1.29, 1.82) is 0 Å². The van der Waals surface area contributed by atoms with Gasteiger partial charge in [-0.05, 0) is 32.0 Å². The van der Waals surface area contributed by atoms with E-state index in [0.29, 0.717) is 12.1 Å². The Bertz CT molecular complexity index is 591. The number of benzene rings is 1. The summed E-state index contributed by atoms with van der Waals surface area (Å²) >= 11 is 0. The predicted octanol–water partition coefficient (Wildman–Crippen LogP) is 1.86. The summed E-state index contributed by atoms with van der Waals surface area (Å²) in [6.45, 7) is 2.75. The number of halogens is 4. The predicted molar refractivity (Wildman–Crippen MR) is 64.9 cm³/mol. The molecule has 0 radical (unpaired) electrons. The fraction of sp³-hybridized carbons (Fsp3) is 0.455. The van der Waals surface area contributed by atoms with Crippen molar-refractivity contribution in [3.05, 3.63) is 29.6 Å². The van der Waals surface area contributed by atoms with E-state index in [1.807, 2.05) is 4.72 Å². The molecule has 0 saturated carbocycles. The van der Waals surface area contributed by atoms with Gasteiger partial charge in [0, 0.05) is 12.1 Å². The fourth-order valence-corrected chi connectivity index (χ4v) is 2.75. The lowest BCUT2D eigenvalue weighted by Crippen LogP contribution is -2.45. The number of alkyl halides is 3. The third-order valence-corrected chi connectivity index (χ3v) is 3.71. The number of nitrogens with one attached hydrogen (secondary N) is 1. The van der Waals surface area contributed by atoms with E-state index in [1.165, 1.54) is 13.8 Å². The molecule has 9 heteroatoms. The van der Waals surface area contributed by atoms with Crippen molar-refractivity contribution in [1.82, 2.24) is 4.72 Å². The van der Waals surface area contributed by atoms with E-state index in [0.717, 1.165) is 0 Å². The maximum Gasteiger partial charge on any atom is 0.417 e. The molecule has 0 heterocycles. The van der Waals surface area contributed by atoms with Gasteiger partial charge >= 0.3 is 6.18 Å². The number of rotatable bonds is 4. The zero-order valence-electron chi connectivity index (χ0n) is 10.8. The van der Waals surface area contributed by atoms with Crippen LogP contribution in [0, 0.1) is 5.82 Å². The van der Waals surface area contributed by atoms with Crippen LogP contribution < -0.4 is 10.5 Å². The first-order valence-corrected chi connectivity index (χ1v) is 6.96. The maximum atomic E-state index is 12.9. The Balaban J connectivity index is 3.25. The first-order valence-electron chi connectivity index (χ1n) is 5.48. The molecule has 1 aromatic carbocycles. The zero-order chi connectivity index (χ0) is 15.8. The van der Waals surface area contributed by atoms with Gasteiger partial charge < -0.3 is 5.73 Å². The lowest BCUT2D eigenvalue weighted by molar-refractivity contribution is -0.140. The molecule has 4 nitrogen and oxygen atoms in total. The second kappa shape index (κ2) is 5.30. The molecule has 1 rings (SSSR count). The number of hydrogen-bond acceptors (Lipinski definition) is 3. The van der Waals surface area contributed by atoms with E-state index in [2.05, 4.69) is 0 Å². The molecule has 0 fully saturated rings. The Hall–Kier alpha value is -1.19. The van der Waals surface area contributed by atoms with Crippen LogP contribution in [0.1, 0.15) is 19.4 Å². The molecule has 0 aromatic heterocycles. The van der Waals surface area contributed by atoms with Gasteiger partial charge in [-0.1, -0.05) is 0 Å². The largest absolute Gasteiger partial charge is 0.417 e. The number of nitrogens with two attached hydrogens (primary N) is 1. The van der Waals surface area contributed by atoms with Crippen molar-refractivity contribution >= 4 is 10.0 Å². The number of sulfonamides is 1. The molecule has 0 saturated heterocycles. The Morgan fingerprint density at radius 1 is 1.25 bits per heavy atom. The number of hydrogen-bond donors (Lipinski definition) is 2. The highest BCUT2D eigenvalue weighted by Gasteiger charge is 2.37. The minimum atomic E-state index is -4.98. The van der Waals surface area contributed by atoms with Crippen LogP contribution in [0.5, 0.6) is 0 Å². The summed E-state index contributed by atoms with van der Waals surface area (Å²) in [5.74, 6) is -1.17. The van der Waals surface area contributed by atoms with Crippen LogP contribution in [-0.2, 0) is 16.2 Å². The van der Waals surface area contributed by atoms with Gasteiger partial charge in [-0.2, -0.15) is 13.2 Å². The smallest absolute Gasteiger partial charge is 0.324 e. The van der Waals surface area contributed by atoms with Crippen molar-refractivity contribution < 1.29 is 26.0 Å². The molecule has 0 aliphatic rings. The minimum Gasteiger partial charge on any atom is -0.324 e. The van der Waals surface area contributed by atoms with Crippen LogP contribution in [-0.4, -0.2) is 20.5 Å². The second-order valence-corrected chi connectivity index (χ2v) is 6.69. The summed E-state index contributed by atoms with van der Waals surface area (Å²) in [5.41, 5.74) is 3.06. The molecule has 3 N–H and O–H groups in total. The molecular formula is C11H14F4N2O2S. The summed E-state index contributed by atoms with van der Waals surface area (Å²) < 4.78 is 76.9. The first kappa shape index (κ1) is 16.9. The topological polar surface area (TPSA) is 72.2 Å². The van der Waals surface area contributed by atoms with Gasteiger partial charge in [0.15, 0.2) is 0 Å². The molecule has 0 aliphatic carbocycles. The molecule has 1 aromatic rings. The molecule has 114 valence electrons. The average Bonchev–Trinajstić information content (AvgIpc) is 2.24. The molecule has 0 unspecified atom stereocenters. The Labute approximate surface area is 114 Å². The molecule has 20 heavy (non-hydrogen) atoms. The van der Waals surface area contributed by atoms with E-state index in [1.54, 1.807) is 0 Å². The SMILES string of the molecule is CC(C)(N)CNS(=O)(=O)c1ccc(F)cc1C(F)(F)F. The van der Waals surface area contributed by atoms with Crippen molar-refractivity contribution in [2.24, 2.45) is 5.73 Å². The van der Waals surface area contributed by atoms with Crippen molar-refractivity contribution in [2.75, 3.05) is 6.54 Å². The maximum absolute atomic E-state index is 12.9. The van der Waals surface area contributed by atoms with Crippen LogP contribution in [0.25, 0.3) is 0 Å². The Morgan fingerprint density at radius 3 is 2.25 bits per heavy atom. The van der Waals surface area contributed by atoms with Gasteiger partial charge in [-0.15, -0.1) is 0 Å². The first-order chi connectivity index (χ1) is 8.83. The Kier molecular flexibility index (Phi) is 4.47. The lowest BCUT2D eigenvalue weighted by Gasteiger charge is -2.20. The van der Waals surface area contributed by atoms with E-state index >= 15 is 0 Å². The van der Waals surface area contributed by atoms with Crippen LogP contribution in [0.2, 0.25) is 0 Å². The highest BCUT2D eigenvalue weighted by Crippen LogP contribution is 2.34. The monoisotopic (exact) mass is 314 g/mol. The lowest BCUT2D eigenvalue weighted by atomic mass is 10.1. The minimum absolute atomic E-state index is 0.141. The summed E-state index contributed by atoms with van der Waals surface area (Å²) in [7, 11) is -4.44. The molecule has 0 bridgehead atoms. The molecule has 0 aliphatic heterocycles. The molecule has 0 amide bonds. The van der Waals surface area contributed by atoms with Crippen LogP contribution >= 0.6 is 0 Å². The van der Waals surface area contributed by atoms with Crippen LogP contribution in [0.15, 0.2) is 23.1 Å². The van der Waals surface area contributed by atoms with Crippen molar-refractivity contribution in [3.63, 3.8) is 0 Å². The third kappa shape index (κ3) is 4.43. The van der Waals surface area contributed by atoms with E-state index < -0.39 is 38.0 Å². The molecular weight excluding hydrogens is 300 g/mol. The second-order valence-electron chi connectivity index (χ2n) is 4.95. The van der Waals surface area contributed by atoms with Crippen molar-refractivity contribution in [3.8, 4) is 0 Å². The summed E-state index contributed by atoms with van der Waals surface area (Å²) in [5, 5.41) is 0. The van der Waals surface area contributed by atoms with Gasteiger partial charge in [0.05, 0.1) is 10.5 Å². The quantitative estimate of drug-likeness (QED) is 0.833. The third-order valence-electron chi connectivity index (χ3n) is 2.25. The molecule has 0 atom stereocenters. The standard InChI is InChI=1S/C11H14F4N2O2S/c1-10(2,16)6-17-20(18,19)9-4-3-7(12)5-8(9)11(13,14)15/h3-5,17H,6,16H2,1-2H3. The van der Waals surface area contributed by atoms with Gasteiger partial charge in [0.25, 0.3) is 0 Å². The van der Waals surface area contributed by atoms with Crippen molar-refractivity contribution in [2.45, 2.75) is 30.5 Å². The van der Waals surface area contributed by atoms with E-state index in [-0.39, 0.29) is 12.6 Å². The highest BCUT2D eigenvalue weighted by molar-refractivity contribution is 7.89. The fourth-order valence-electron chi connectivity index (χ4n) is 1.32. The van der Waals surface area contributed by atoms with Gasteiger partial charge in [0.1, 0.15) is 5.82 Å². The highest BCUT2D eigenvalue weighted by atomic mass is 32.2. The van der Waals surface area contributed by atoms with Crippen LogP contribution in [0.4, 0.5) is 17.6 Å². The Morgan fingerprint density at radius 2 is 1.80 bits per heavy atom. The van der Waals surface area contributed by atoms with E-state index in [4.69, 9.17) is 5.73 Å². The average molecular weight is 314 g/mol. The summed E-state index contributed by atoms with van der Waals surface area (Å²) in [6.07, 6.45) is -4.98. The van der Waals surface area contributed by atoms with E-state index in [9.17, 15) is 26.0 Å². The van der Waals surface area contributed by atoms with Gasteiger partial charge in [-0.3, -0.25) is 0 Å². The zero-order valence-corrected chi connectivity index (χ0v) is 11.6. The summed E-state index contributed by atoms with van der Waals surface area (Å²) in [6, 6.07) is 1.36. The van der Waals surface area contributed by atoms with Gasteiger partial charge in [0.2, 0.25) is 10.0 Å². The molecule has 0 spiro atoms.